The van der Waals surface area contributed by atoms with Crippen molar-refractivity contribution in [3.05, 3.63) is 40.9 Å². The zero-order valence-electron chi connectivity index (χ0n) is 25.0. The van der Waals surface area contributed by atoms with E-state index in [-0.39, 0.29) is 30.1 Å². The van der Waals surface area contributed by atoms with Crippen LogP contribution in [0, 0.1) is 11.8 Å². The molecule has 2 atom stereocenters. The molecule has 1 heterocycles. The summed E-state index contributed by atoms with van der Waals surface area (Å²) in [7, 11) is 5.54. The number of aromatic nitrogens is 1. The van der Waals surface area contributed by atoms with Crippen LogP contribution >= 0.6 is 11.3 Å². The summed E-state index contributed by atoms with van der Waals surface area (Å²) < 4.78 is 1.11. The van der Waals surface area contributed by atoms with Crippen LogP contribution in [0.3, 0.4) is 0 Å². The Morgan fingerprint density at radius 2 is 1.90 bits per heavy atom. The molecule has 3 rings (SSSR count). The van der Waals surface area contributed by atoms with E-state index < -0.39 is 5.92 Å². The number of carbonyl (C=O) groups excluding carboxylic acids is 3. The van der Waals surface area contributed by atoms with Gasteiger partial charge in [-0.05, 0) is 62.5 Å². The molecule has 1 aliphatic carbocycles. The number of nitrogens with one attached hydrogen (secondary N) is 2. The first kappa shape index (κ1) is 31.9. The summed E-state index contributed by atoms with van der Waals surface area (Å²) in [4.78, 5) is 45.4. The summed E-state index contributed by atoms with van der Waals surface area (Å²) in [6.07, 6.45) is 12.0. The molecule has 0 radical (unpaired) electrons. The number of carbonyl (C=O) groups is 3. The maximum Gasteiger partial charge on any atom is 0.224 e. The Morgan fingerprint density at radius 3 is 2.58 bits per heavy atom. The molecule has 1 saturated carbocycles. The molecule has 1 aromatic carbocycles. The van der Waals surface area contributed by atoms with Crippen LogP contribution in [-0.2, 0) is 20.8 Å². The lowest BCUT2D eigenvalue weighted by Crippen LogP contribution is -2.42. The van der Waals surface area contributed by atoms with Gasteiger partial charge in [-0.2, -0.15) is 0 Å². The minimum Gasteiger partial charge on any atom is -0.359 e. The van der Waals surface area contributed by atoms with E-state index in [4.69, 9.17) is 4.98 Å². The fraction of sp³-hybridized carbons (Fsp3) is 0.625. The number of likely N-dealkylation sites (N-methyl/N-ethyl adjacent to an activating group) is 1. The number of fused-ring (bicyclic) bond motifs is 1. The molecular weight excluding hydrogens is 520 g/mol. The third kappa shape index (κ3) is 10.4. The van der Waals surface area contributed by atoms with E-state index in [1.807, 2.05) is 31.1 Å². The van der Waals surface area contributed by atoms with Crippen LogP contribution in [0.2, 0.25) is 0 Å². The Labute approximate surface area is 244 Å². The fourth-order valence-electron chi connectivity index (χ4n) is 5.42. The van der Waals surface area contributed by atoms with Crippen LogP contribution < -0.4 is 10.6 Å². The topological polar surface area (TPSA) is 91.4 Å². The molecule has 1 aliphatic rings. The van der Waals surface area contributed by atoms with Gasteiger partial charge in [-0.3, -0.25) is 14.4 Å². The number of thiazole rings is 1. The molecule has 0 unspecified atom stereocenters. The van der Waals surface area contributed by atoms with Crippen molar-refractivity contribution >= 4 is 39.2 Å². The largest absolute Gasteiger partial charge is 0.359 e. The quantitative estimate of drug-likeness (QED) is 0.272. The zero-order valence-corrected chi connectivity index (χ0v) is 25.8. The van der Waals surface area contributed by atoms with Gasteiger partial charge in [0.1, 0.15) is 0 Å². The second kappa shape index (κ2) is 16.0. The molecule has 1 aromatic heterocycles. The summed E-state index contributed by atoms with van der Waals surface area (Å²) in [6, 6.07) is 6.25. The minimum absolute atomic E-state index is 0.0851. The molecule has 0 bridgehead atoms. The van der Waals surface area contributed by atoms with Gasteiger partial charge in [-0.1, -0.05) is 58.1 Å². The first-order chi connectivity index (χ1) is 19.1. The standard InChI is InChI=1S/C32H48N4O3S/c1-22(2)24-13-16-28-29(19-24)40-31(35-28)21-25(20-30(38)33-3)32(39)34-26(18-23-10-7-6-8-11-23)14-15-27(37)12-9-17-36(4)5/h9,12-13,16,19,22-23,25-26H,6-8,10-11,14-15,17-18,20-21H2,1-5H3,(H,33,38)(H,34,39)/b12-9+/t25-,26+/m0/s1. The summed E-state index contributed by atoms with van der Waals surface area (Å²) in [5.74, 6) is 0.278. The molecule has 220 valence electrons. The Hall–Kier alpha value is -2.58. The van der Waals surface area contributed by atoms with Crippen LogP contribution in [0.5, 0.6) is 0 Å². The number of hydrogen-bond donors (Lipinski definition) is 2. The van der Waals surface area contributed by atoms with Crippen LogP contribution in [0.15, 0.2) is 30.4 Å². The predicted molar refractivity (Wildman–Crippen MR) is 165 cm³/mol. The molecule has 0 aliphatic heterocycles. The van der Waals surface area contributed by atoms with E-state index in [1.165, 1.54) is 37.7 Å². The lowest BCUT2D eigenvalue weighted by atomic mass is 9.83. The summed E-state index contributed by atoms with van der Waals surface area (Å²) >= 11 is 1.60. The van der Waals surface area contributed by atoms with Gasteiger partial charge in [-0.15, -0.1) is 11.3 Å². The van der Waals surface area contributed by atoms with E-state index >= 15 is 0 Å². The highest BCUT2D eigenvalue weighted by molar-refractivity contribution is 7.18. The van der Waals surface area contributed by atoms with E-state index in [0.717, 1.165) is 28.2 Å². The number of nitrogens with zero attached hydrogens (tertiary/aromatic N) is 2. The van der Waals surface area contributed by atoms with Gasteiger partial charge in [0.2, 0.25) is 11.8 Å². The normalized spacial score (nSPS) is 16.1. The van der Waals surface area contributed by atoms with Crippen molar-refractivity contribution in [1.29, 1.82) is 0 Å². The molecule has 40 heavy (non-hydrogen) atoms. The zero-order chi connectivity index (χ0) is 29.1. The Morgan fingerprint density at radius 1 is 1.15 bits per heavy atom. The third-order valence-electron chi connectivity index (χ3n) is 7.83. The summed E-state index contributed by atoms with van der Waals surface area (Å²) in [5, 5.41) is 6.82. The summed E-state index contributed by atoms with van der Waals surface area (Å²) in [5.41, 5.74) is 2.19. The molecule has 7 nitrogen and oxygen atoms in total. The Kier molecular flexibility index (Phi) is 12.8. The number of rotatable bonds is 15. The van der Waals surface area contributed by atoms with Crippen LogP contribution in [-0.4, -0.2) is 61.2 Å². The number of hydrogen-bond acceptors (Lipinski definition) is 6. The highest BCUT2D eigenvalue weighted by atomic mass is 32.1. The Bertz CT molecular complexity index is 1150. The van der Waals surface area contributed by atoms with Crippen LogP contribution in [0.1, 0.15) is 88.1 Å². The lowest BCUT2D eigenvalue weighted by Gasteiger charge is -2.28. The van der Waals surface area contributed by atoms with Crippen LogP contribution in [0.4, 0.5) is 0 Å². The second-order valence-electron chi connectivity index (χ2n) is 11.9. The molecular formula is C32H48N4O3S. The molecule has 0 spiro atoms. The van der Waals surface area contributed by atoms with Crippen molar-refractivity contribution in [2.24, 2.45) is 11.8 Å². The average Bonchev–Trinajstić information content (AvgIpc) is 3.33. The van der Waals surface area contributed by atoms with E-state index in [2.05, 4.69) is 36.6 Å². The predicted octanol–water partition coefficient (Wildman–Crippen LogP) is 5.64. The van der Waals surface area contributed by atoms with Gasteiger partial charge < -0.3 is 15.5 Å². The maximum atomic E-state index is 13.7. The van der Waals surface area contributed by atoms with Crippen molar-refractivity contribution in [1.82, 2.24) is 20.5 Å². The molecule has 1 fully saturated rings. The third-order valence-corrected chi connectivity index (χ3v) is 8.87. The van der Waals surface area contributed by atoms with Gasteiger partial charge in [0.05, 0.1) is 21.1 Å². The SMILES string of the molecule is CNC(=O)C[C@@H](Cc1nc2ccc(C(C)C)cc2s1)C(=O)N[C@H](CCC(=O)/C=C/CN(C)C)CC1CCCCC1. The molecule has 2 N–H and O–H groups in total. The molecule has 2 aromatic rings. The first-order valence-corrected chi connectivity index (χ1v) is 15.7. The van der Waals surface area contributed by atoms with Crippen molar-refractivity contribution < 1.29 is 14.4 Å². The van der Waals surface area contributed by atoms with Gasteiger partial charge in [0, 0.05) is 38.9 Å². The molecule has 0 saturated heterocycles. The summed E-state index contributed by atoms with van der Waals surface area (Å²) in [6.45, 7) is 5.06. The van der Waals surface area contributed by atoms with Gasteiger partial charge in [-0.25, -0.2) is 4.98 Å². The number of amides is 2. The monoisotopic (exact) mass is 568 g/mol. The van der Waals surface area contributed by atoms with Crippen molar-refractivity contribution in [2.75, 3.05) is 27.7 Å². The first-order valence-electron chi connectivity index (χ1n) is 14.9. The molecule has 2 amide bonds. The number of ketones is 1. The van der Waals surface area contributed by atoms with Crippen LogP contribution in [0.25, 0.3) is 10.2 Å². The van der Waals surface area contributed by atoms with Gasteiger partial charge in [0.15, 0.2) is 5.78 Å². The van der Waals surface area contributed by atoms with E-state index in [0.29, 0.717) is 31.1 Å². The Balaban J connectivity index is 1.73. The van der Waals surface area contributed by atoms with Crippen molar-refractivity contribution in [3.63, 3.8) is 0 Å². The average molecular weight is 569 g/mol. The molecule has 8 heteroatoms. The van der Waals surface area contributed by atoms with E-state index in [1.54, 1.807) is 24.5 Å². The maximum absolute atomic E-state index is 13.7. The van der Waals surface area contributed by atoms with Gasteiger partial charge in [0.25, 0.3) is 0 Å². The lowest BCUT2D eigenvalue weighted by molar-refractivity contribution is -0.130. The minimum atomic E-state index is -0.519. The van der Waals surface area contributed by atoms with Gasteiger partial charge >= 0.3 is 0 Å². The second-order valence-corrected chi connectivity index (χ2v) is 13.0. The van der Waals surface area contributed by atoms with Crippen molar-refractivity contribution in [3.8, 4) is 0 Å². The number of allylic oxidation sites excluding steroid dienone is 1. The highest BCUT2D eigenvalue weighted by Crippen LogP contribution is 2.30. The fourth-order valence-corrected chi connectivity index (χ4v) is 6.51. The van der Waals surface area contributed by atoms with E-state index in [9.17, 15) is 14.4 Å². The van der Waals surface area contributed by atoms with Crippen molar-refractivity contribution in [2.45, 2.75) is 90.0 Å². The highest BCUT2D eigenvalue weighted by Gasteiger charge is 2.27. The smallest absolute Gasteiger partial charge is 0.224 e. The number of benzene rings is 1.